The molecular weight excluding hydrogens is 373 g/mol. The molecule has 1 heterocycles. The number of aromatic nitrogens is 1. The summed E-state index contributed by atoms with van der Waals surface area (Å²) in [6.45, 7) is 0.577. The molecule has 0 aliphatic rings. The van der Waals surface area contributed by atoms with Gasteiger partial charge in [-0.05, 0) is 47.5 Å². The highest BCUT2D eigenvalue weighted by molar-refractivity contribution is 5.91. The van der Waals surface area contributed by atoms with Crippen LogP contribution in [0.25, 0.3) is 0 Å². The number of carbonyl (C=O) groups is 1. The van der Waals surface area contributed by atoms with E-state index in [4.69, 9.17) is 9.47 Å². The largest absolute Gasteiger partial charge is 0.493 e. The first-order chi connectivity index (χ1) is 14.1. The van der Waals surface area contributed by atoms with Crippen LogP contribution in [0.2, 0.25) is 0 Å². The number of hydrogen-bond acceptors (Lipinski definition) is 5. The molecule has 0 fully saturated rings. The van der Waals surface area contributed by atoms with E-state index in [-0.39, 0.29) is 18.1 Å². The second-order valence-electron chi connectivity index (χ2n) is 6.33. The first kappa shape index (κ1) is 20.1. The number of amides is 1. The van der Waals surface area contributed by atoms with E-state index < -0.39 is 0 Å². The summed E-state index contributed by atoms with van der Waals surface area (Å²) in [5.41, 5.74) is 2.44. The van der Waals surface area contributed by atoms with Crippen molar-refractivity contribution in [3.05, 3.63) is 77.7 Å². The number of ether oxygens (including phenoxy) is 2. The molecule has 7 heteroatoms. The van der Waals surface area contributed by atoms with E-state index in [1.165, 1.54) is 12.1 Å². The first-order valence-corrected chi connectivity index (χ1v) is 9.02. The summed E-state index contributed by atoms with van der Waals surface area (Å²) >= 11 is 0. The fraction of sp³-hybridized carbons (Fsp3) is 0.182. The van der Waals surface area contributed by atoms with Crippen molar-refractivity contribution in [2.45, 2.75) is 13.0 Å². The van der Waals surface area contributed by atoms with Crippen molar-refractivity contribution >= 4 is 17.4 Å². The van der Waals surface area contributed by atoms with Crippen LogP contribution in [0.4, 0.5) is 15.9 Å². The van der Waals surface area contributed by atoms with Gasteiger partial charge >= 0.3 is 0 Å². The third kappa shape index (κ3) is 5.68. The Morgan fingerprint density at radius 3 is 2.52 bits per heavy atom. The standard InChI is InChI=1S/C22H22FN3O3/c1-28-19-8-6-16(11-20(19)29-2)13-24-18-7-9-21(25-14-18)26-22(27)12-15-4-3-5-17(23)10-15/h3-11,14,24H,12-13H2,1-2H3,(H,25,26,27). The molecule has 0 bridgehead atoms. The molecule has 0 atom stereocenters. The fourth-order valence-corrected chi connectivity index (χ4v) is 2.79. The fourth-order valence-electron chi connectivity index (χ4n) is 2.79. The van der Waals surface area contributed by atoms with Crippen LogP contribution in [-0.2, 0) is 17.8 Å². The first-order valence-electron chi connectivity index (χ1n) is 9.02. The molecule has 29 heavy (non-hydrogen) atoms. The highest BCUT2D eigenvalue weighted by atomic mass is 19.1. The minimum atomic E-state index is -0.363. The van der Waals surface area contributed by atoms with E-state index >= 15 is 0 Å². The van der Waals surface area contributed by atoms with Gasteiger partial charge in [0.15, 0.2) is 11.5 Å². The number of methoxy groups -OCH3 is 2. The van der Waals surface area contributed by atoms with Crippen molar-refractivity contribution < 1.29 is 18.7 Å². The Bertz CT molecular complexity index is 977. The molecule has 0 saturated heterocycles. The lowest BCUT2D eigenvalue weighted by Crippen LogP contribution is -2.15. The summed E-state index contributed by atoms with van der Waals surface area (Å²) in [4.78, 5) is 16.3. The third-order valence-electron chi connectivity index (χ3n) is 4.23. The normalized spacial score (nSPS) is 10.3. The van der Waals surface area contributed by atoms with Crippen LogP contribution in [0.1, 0.15) is 11.1 Å². The van der Waals surface area contributed by atoms with E-state index in [1.54, 1.807) is 38.6 Å². The van der Waals surface area contributed by atoms with E-state index in [1.807, 2.05) is 24.3 Å². The molecule has 0 aliphatic carbocycles. The van der Waals surface area contributed by atoms with Crippen molar-refractivity contribution in [3.8, 4) is 11.5 Å². The van der Waals surface area contributed by atoms with E-state index in [0.717, 1.165) is 11.3 Å². The Hall–Kier alpha value is -3.61. The lowest BCUT2D eigenvalue weighted by molar-refractivity contribution is -0.115. The molecule has 0 aliphatic heterocycles. The van der Waals surface area contributed by atoms with E-state index in [2.05, 4.69) is 15.6 Å². The Kier molecular flexibility index (Phi) is 6.63. The summed E-state index contributed by atoms with van der Waals surface area (Å²) in [6.07, 6.45) is 1.72. The molecule has 3 rings (SSSR count). The zero-order chi connectivity index (χ0) is 20.6. The Balaban J connectivity index is 1.54. The predicted octanol–water partition coefficient (Wildman–Crippen LogP) is 4.03. The average molecular weight is 395 g/mol. The van der Waals surface area contributed by atoms with E-state index in [9.17, 15) is 9.18 Å². The van der Waals surface area contributed by atoms with Crippen molar-refractivity contribution in [1.29, 1.82) is 0 Å². The molecule has 1 amide bonds. The van der Waals surface area contributed by atoms with Crippen LogP contribution in [0.3, 0.4) is 0 Å². The maximum absolute atomic E-state index is 13.2. The summed E-state index contributed by atoms with van der Waals surface area (Å²) in [5, 5.41) is 5.97. The maximum atomic E-state index is 13.2. The highest BCUT2D eigenvalue weighted by Crippen LogP contribution is 2.27. The number of halogens is 1. The lowest BCUT2D eigenvalue weighted by Gasteiger charge is -2.11. The van der Waals surface area contributed by atoms with Crippen molar-refractivity contribution in [2.24, 2.45) is 0 Å². The summed E-state index contributed by atoms with van der Waals surface area (Å²) in [5.74, 6) is 1.16. The molecule has 0 spiro atoms. The number of hydrogen-bond donors (Lipinski definition) is 2. The van der Waals surface area contributed by atoms with Gasteiger partial charge in [-0.25, -0.2) is 9.37 Å². The van der Waals surface area contributed by atoms with Gasteiger partial charge in [0.2, 0.25) is 5.91 Å². The van der Waals surface area contributed by atoms with Crippen LogP contribution < -0.4 is 20.1 Å². The predicted molar refractivity (Wildman–Crippen MR) is 110 cm³/mol. The van der Waals surface area contributed by atoms with Gasteiger partial charge < -0.3 is 20.1 Å². The second kappa shape index (κ2) is 9.54. The summed E-state index contributed by atoms with van der Waals surface area (Å²) in [6, 6.07) is 15.2. The Labute approximate surface area is 168 Å². The maximum Gasteiger partial charge on any atom is 0.229 e. The SMILES string of the molecule is COc1ccc(CNc2ccc(NC(=O)Cc3cccc(F)c3)nc2)cc1OC. The highest BCUT2D eigenvalue weighted by Gasteiger charge is 2.07. The van der Waals surface area contributed by atoms with Gasteiger partial charge in [-0.2, -0.15) is 0 Å². The van der Waals surface area contributed by atoms with Crippen LogP contribution in [0.15, 0.2) is 60.8 Å². The number of anilines is 2. The number of nitrogens with zero attached hydrogens (tertiary/aromatic N) is 1. The minimum Gasteiger partial charge on any atom is -0.493 e. The second-order valence-corrected chi connectivity index (χ2v) is 6.33. The quantitative estimate of drug-likeness (QED) is 0.603. The smallest absolute Gasteiger partial charge is 0.229 e. The van der Waals surface area contributed by atoms with Crippen LogP contribution in [0.5, 0.6) is 11.5 Å². The molecule has 0 saturated carbocycles. The van der Waals surface area contributed by atoms with Gasteiger partial charge in [0.1, 0.15) is 11.6 Å². The van der Waals surface area contributed by atoms with Gasteiger partial charge in [0.05, 0.1) is 32.5 Å². The van der Waals surface area contributed by atoms with Gasteiger partial charge in [-0.1, -0.05) is 18.2 Å². The number of carbonyl (C=O) groups excluding carboxylic acids is 1. The zero-order valence-corrected chi connectivity index (χ0v) is 16.2. The third-order valence-corrected chi connectivity index (χ3v) is 4.23. The van der Waals surface area contributed by atoms with Crippen LogP contribution in [0, 0.1) is 5.82 Å². The number of benzene rings is 2. The number of rotatable bonds is 8. The zero-order valence-electron chi connectivity index (χ0n) is 16.2. The number of pyridine rings is 1. The van der Waals surface area contributed by atoms with Crippen LogP contribution >= 0.6 is 0 Å². The topological polar surface area (TPSA) is 72.5 Å². The molecule has 2 N–H and O–H groups in total. The molecule has 150 valence electrons. The average Bonchev–Trinajstić information content (AvgIpc) is 2.73. The molecule has 3 aromatic rings. The van der Waals surface area contributed by atoms with Crippen molar-refractivity contribution in [1.82, 2.24) is 4.98 Å². The molecule has 6 nitrogen and oxygen atoms in total. The van der Waals surface area contributed by atoms with Gasteiger partial charge in [-0.3, -0.25) is 4.79 Å². The summed E-state index contributed by atoms with van der Waals surface area (Å²) < 4.78 is 23.7. The minimum absolute atomic E-state index is 0.0821. The molecule has 2 aromatic carbocycles. The van der Waals surface area contributed by atoms with Gasteiger partial charge in [-0.15, -0.1) is 0 Å². The van der Waals surface area contributed by atoms with Crippen molar-refractivity contribution in [3.63, 3.8) is 0 Å². The lowest BCUT2D eigenvalue weighted by atomic mass is 10.1. The van der Waals surface area contributed by atoms with Crippen LogP contribution in [-0.4, -0.2) is 25.1 Å². The van der Waals surface area contributed by atoms with Gasteiger partial charge in [0.25, 0.3) is 0 Å². The molecular formula is C22H22FN3O3. The monoisotopic (exact) mass is 395 g/mol. The van der Waals surface area contributed by atoms with Crippen molar-refractivity contribution in [2.75, 3.05) is 24.9 Å². The van der Waals surface area contributed by atoms with E-state index in [0.29, 0.717) is 29.4 Å². The molecule has 0 unspecified atom stereocenters. The molecule has 0 radical (unpaired) electrons. The van der Waals surface area contributed by atoms with Gasteiger partial charge in [0, 0.05) is 6.54 Å². The Morgan fingerprint density at radius 1 is 1.00 bits per heavy atom. The molecule has 1 aromatic heterocycles. The Morgan fingerprint density at radius 2 is 1.83 bits per heavy atom. The summed E-state index contributed by atoms with van der Waals surface area (Å²) in [7, 11) is 3.19. The number of nitrogens with one attached hydrogen (secondary N) is 2.